The summed E-state index contributed by atoms with van der Waals surface area (Å²) < 4.78 is 0. The standard InChI is InChI=1S/C17H24N2O2/c1-13(20)11-15(14-7-3-2-4-8-14)12-18-17(21)19-16-9-5-6-10-16/h2-8,13,15-16,20H,9-12H2,1H3,(H2,18,19,21). The first-order valence-corrected chi connectivity index (χ1v) is 7.57. The molecule has 0 aromatic heterocycles. The number of aliphatic hydroxyl groups excluding tert-OH is 1. The van der Waals surface area contributed by atoms with Crippen LogP contribution in [0.5, 0.6) is 0 Å². The highest BCUT2D eigenvalue weighted by molar-refractivity contribution is 5.74. The van der Waals surface area contributed by atoms with Crippen molar-refractivity contribution in [1.82, 2.24) is 10.6 Å². The number of carbonyl (C=O) groups is 1. The van der Waals surface area contributed by atoms with Crippen LogP contribution >= 0.6 is 0 Å². The van der Waals surface area contributed by atoms with Crippen molar-refractivity contribution in [3.8, 4) is 0 Å². The first kappa shape index (κ1) is 15.6. The van der Waals surface area contributed by atoms with Crippen molar-refractivity contribution in [3.05, 3.63) is 48.0 Å². The Bertz CT molecular complexity index is 463. The van der Waals surface area contributed by atoms with Crippen LogP contribution in [0.3, 0.4) is 0 Å². The van der Waals surface area contributed by atoms with Crippen LogP contribution in [0.1, 0.15) is 37.7 Å². The number of rotatable bonds is 6. The first-order chi connectivity index (χ1) is 10.1. The van der Waals surface area contributed by atoms with Gasteiger partial charge < -0.3 is 15.7 Å². The van der Waals surface area contributed by atoms with Gasteiger partial charge in [0.15, 0.2) is 0 Å². The molecule has 2 atom stereocenters. The minimum Gasteiger partial charge on any atom is -0.393 e. The third-order valence-corrected chi connectivity index (χ3v) is 3.75. The number of urea groups is 1. The Labute approximate surface area is 126 Å². The number of carbonyl (C=O) groups excluding carboxylic acids is 1. The van der Waals surface area contributed by atoms with Gasteiger partial charge in [0.05, 0.1) is 6.10 Å². The van der Waals surface area contributed by atoms with Crippen LogP contribution < -0.4 is 10.6 Å². The molecule has 0 bridgehead atoms. The second-order valence-corrected chi connectivity index (χ2v) is 5.69. The Morgan fingerprint density at radius 1 is 1.29 bits per heavy atom. The Morgan fingerprint density at radius 3 is 2.57 bits per heavy atom. The summed E-state index contributed by atoms with van der Waals surface area (Å²) in [6.07, 6.45) is 6.23. The fourth-order valence-corrected chi connectivity index (χ4v) is 2.66. The largest absolute Gasteiger partial charge is 0.393 e. The van der Waals surface area contributed by atoms with Crippen molar-refractivity contribution >= 4 is 6.03 Å². The lowest BCUT2D eigenvalue weighted by atomic mass is 9.93. The molecule has 0 fully saturated rings. The van der Waals surface area contributed by atoms with E-state index < -0.39 is 0 Å². The van der Waals surface area contributed by atoms with Crippen molar-refractivity contribution in [2.75, 3.05) is 6.54 Å². The molecule has 4 heteroatoms. The molecular formula is C17H24N2O2. The highest BCUT2D eigenvalue weighted by Gasteiger charge is 2.17. The molecule has 0 radical (unpaired) electrons. The fourth-order valence-electron chi connectivity index (χ4n) is 2.66. The fraction of sp³-hybridized carbons (Fsp3) is 0.471. The predicted molar refractivity (Wildman–Crippen MR) is 84.2 cm³/mol. The van der Waals surface area contributed by atoms with Gasteiger partial charge in [0.1, 0.15) is 0 Å². The normalized spacial score (nSPS) is 17.4. The maximum Gasteiger partial charge on any atom is 0.315 e. The minimum absolute atomic E-state index is 0.124. The summed E-state index contributed by atoms with van der Waals surface area (Å²) in [5, 5.41) is 15.5. The van der Waals surface area contributed by atoms with Gasteiger partial charge in [-0.05, 0) is 31.7 Å². The lowest BCUT2D eigenvalue weighted by Crippen LogP contribution is -2.42. The maximum atomic E-state index is 11.9. The molecule has 2 unspecified atom stereocenters. The van der Waals surface area contributed by atoms with E-state index in [0.29, 0.717) is 13.0 Å². The quantitative estimate of drug-likeness (QED) is 0.705. The molecule has 2 amide bonds. The third kappa shape index (κ3) is 5.23. The van der Waals surface area contributed by atoms with Gasteiger partial charge in [-0.2, -0.15) is 0 Å². The van der Waals surface area contributed by atoms with E-state index in [0.717, 1.165) is 18.4 Å². The zero-order valence-corrected chi connectivity index (χ0v) is 12.5. The summed E-state index contributed by atoms with van der Waals surface area (Å²) in [7, 11) is 0. The van der Waals surface area contributed by atoms with Gasteiger partial charge in [0.25, 0.3) is 0 Å². The van der Waals surface area contributed by atoms with Gasteiger partial charge in [-0.3, -0.25) is 0 Å². The van der Waals surface area contributed by atoms with E-state index in [1.54, 1.807) is 6.92 Å². The zero-order valence-electron chi connectivity index (χ0n) is 12.5. The van der Waals surface area contributed by atoms with Gasteiger partial charge >= 0.3 is 6.03 Å². The molecule has 0 saturated heterocycles. The van der Waals surface area contributed by atoms with Crippen LogP contribution in [0.15, 0.2) is 42.5 Å². The number of hydrogen-bond acceptors (Lipinski definition) is 2. The lowest BCUT2D eigenvalue weighted by molar-refractivity contribution is 0.173. The van der Waals surface area contributed by atoms with Crippen molar-refractivity contribution in [1.29, 1.82) is 0 Å². The van der Waals surface area contributed by atoms with Crippen LogP contribution in [0.4, 0.5) is 4.79 Å². The van der Waals surface area contributed by atoms with E-state index >= 15 is 0 Å². The van der Waals surface area contributed by atoms with Crippen LogP contribution in [0, 0.1) is 0 Å². The molecule has 1 aromatic carbocycles. The Balaban J connectivity index is 1.85. The summed E-state index contributed by atoms with van der Waals surface area (Å²) >= 11 is 0. The van der Waals surface area contributed by atoms with Gasteiger partial charge in [-0.1, -0.05) is 42.5 Å². The first-order valence-electron chi connectivity index (χ1n) is 7.57. The molecule has 1 aliphatic rings. The SMILES string of the molecule is CC(O)CC(CNC(=O)NC1CC=CC1)c1ccccc1. The van der Waals surface area contributed by atoms with Gasteiger partial charge in [-0.15, -0.1) is 0 Å². The molecule has 0 spiro atoms. The average molecular weight is 288 g/mol. The van der Waals surface area contributed by atoms with Crippen molar-refractivity contribution in [2.24, 2.45) is 0 Å². The lowest BCUT2D eigenvalue weighted by Gasteiger charge is -2.20. The average Bonchev–Trinajstić information content (AvgIpc) is 2.97. The van der Waals surface area contributed by atoms with Crippen molar-refractivity contribution < 1.29 is 9.90 Å². The molecule has 4 nitrogen and oxygen atoms in total. The molecule has 114 valence electrons. The van der Waals surface area contributed by atoms with E-state index in [9.17, 15) is 9.90 Å². The van der Waals surface area contributed by atoms with Gasteiger partial charge in [0, 0.05) is 18.5 Å². The smallest absolute Gasteiger partial charge is 0.315 e. The predicted octanol–water partition coefficient (Wildman–Crippen LogP) is 2.56. The van der Waals surface area contributed by atoms with E-state index in [2.05, 4.69) is 22.8 Å². The van der Waals surface area contributed by atoms with Crippen molar-refractivity contribution in [2.45, 2.75) is 44.2 Å². The second-order valence-electron chi connectivity index (χ2n) is 5.69. The molecule has 1 aromatic rings. The zero-order chi connectivity index (χ0) is 15.1. The number of aliphatic hydroxyl groups is 1. The number of benzene rings is 1. The third-order valence-electron chi connectivity index (χ3n) is 3.75. The van der Waals surface area contributed by atoms with E-state index in [-0.39, 0.29) is 24.1 Å². The van der Waals surface area contributed by atoms with Gasteiger partial charge in [-0.25, -0.2) is 4.79 Å². The van der Waals surface area contributed by atoms with Crippen LogP contribution in [0.2, 0.25) is 0 Å². The van der Waals surface area contributed by atoms with E-state index in [1.807, 2.05) is 30.3 Å². The molecule has 0 aliphatic heterocycles. The topological polar surface area (TPSA) is 61.4 Å². The highest BCUT2D eigenvalue weighted by Crippen LogP contribution is 2.20. The summed E-state index contributed by atoms with van der Waals surface area (Å²) in [5.41, 5.74) is 1.14. The Kier molecular flexibility index (Phi) is 5.81. The molecule has 2 rings (SSSR count). The van der Waals surface area contributed by atoms with Crippen molar-refractivity contribution in [3.63, 3.8) is 0 Å². The summed E-state index contributed by atoms with van der Waals surface area (Å²) in [6, 6.07) is 10.1. The molecule has 0 heterocycles. The van der Waals surface area contributed by atoms with Crippen LogP contribution in [0.25, 0.3) is 0 Å². The Hall–Kier alpha value is -1.81. The minimum atomic E-state index is -0.390. The number of hydrogen-bond donors (Lipinski definition) is 3. The summed E-state index contributed by atoms with van der Waals surface area (Å²) in [5.74, 6) is 0.124. The number of amides is 2. The van der Waals surface area contributed by atoms with Gasteiger partial charge in [0.2, 0.25) is 0 Å². The summed E-state index contributed by atoms with van der Waals surface area (Å²) in [4.78, 5) is 11.9. The molecule has 0 saturated carbocycles. The maximum absolute atomic E-state index is 11.9. The summed E-state index contributed by atoms with van der Waals surface area (Å²) in [6.45, 7) is 2.31. The monoisotopic (exact) mass is 288 g/mol. The molecule has 21 heavy (non-hydrogen) atoms. The second kappa shape index (κ2) is 7.84. The number of nitrogens with one attached hydrogen (secondary N) is 2. The van der Waals surface area contributed by atoms with E-state index in [4.69, 9.17) is 0 Å². The van der Waals surface area contributed by atoms with Crippen LogP contribution in [-0.2, 0) is 0 Å². The van der Waals surface area contributed by atoms with Crippen LogP contribution in [-0.4, -0.2) is 29.8 Å². The molecular weight excluding hydrogens is 264 g/mol. The molecule has 1 aliphatic carbocycles. The Morgan fingerprint density at radius 2 is 1.95 bits per heavy atom. The molecule has 3 N–H and O–H groups in total. The highest BCUT2D eigenvalue weighted by atomic mass is 16.3. The van der Waals surface area contributed by atoms with E-state index in [1.165, 1.54) is 0 Å².